The summed E-state index contributed by atoms with van der Waals surface area (Å²) < 4.78 is 68.4. The maximum Gasteiger partial charge on any atom is 0.472 e. The number of unbranched alkanes of at least 4 members (excludes halogenated alkanes) is 47. The molecule has 6 atom stereocenters. The SMILES string of the molecule is CCCCCCCCCCCCCCCCCCCCCC(=O)OC[C@H](COP(=O)(O)OC[C@@H](O)COP(=O)(O)OC[C@@H](COC(=O)CCCCCCCCC)OC(=O)CCCCCCCCCC(C)C)OC(=O)CCCCCCCCCCCCCCCCCCCCC(C)CC. The third-order valence-electron chi connectivity index (χ3n) is 18.8. The number of carbonyl (C=O) groups is 4. The Morgan fingerprint density at radius 3 is 0.776 bits per heavy atom. The van der Waals surface area contributed by atoms with Crippen molar-refractivity contribution in [3.05, 3.63) is 0 Å². The molecule has 19 heteroatoms. The highest BCUT2D eigenvalue weighted by Gasteiger charge is 2.30. The summed E-state index contributed by atoms with van der Waals surface area (Å²) in [6.07, 6.45) is 60.1. The molecule has 3 N–H and O–H groups in total. The molecule has 0 aromatic rings. The van der Waals surface area contributed by atoms with E-state index in [0.717, 1.165) is 109 Å². The normalized spacial score (nSPS) is 14.2. The fraction of sp³-hybridized carbons (Fsp3) is 0.949. The van der Waals surface area contributed by atoms with Gasteiger partial charge in [-0.15, -0.1) is 0 Å². The molecule has 0 aliphatic carbocycles. The van der Waals surface area contributed by atoms with Crippen LogP contribution >= 0.6 is 15.6 Å². The molecule has 582 valence electrons. The molecule has 0 rings (SSSR count). The monoisotopic (exact) mass is 1440 g/mol. The second-order valence-electron chi connectivity index (χ2n) is 29.2. The van der Waals surface area contributed by atoms with Crippen LogP contribution in [-0.2, 0) is 65.4 Å². The molecule has 0 spiro atoms. The first-order valence-corrected chi connectivity index (χ1v) is 44.0. The fourth-order valence-electron chi connectivity index (χ4n) is 12.2. The summed E-state index contributed by atoms with van der Waals surface area (Å²) in [5, 5.41) is 10.6. The lowest BCUT2D eigenvalue weighted by Gasteiger charge is -2.21. The highest BCUT2D eigenvalue weighted by molar-refractivity contribution is 7.47. The minimum absolute atomic E-state index is 0.103. The Kier molecular flexibility index (Phi) is 69.3. The van der Waals surface area contributed by atoms with Crippen molar-refractivity contribution in [2.45, 2.75) is 432 Å². The van der Waals surface area contributed by atoms with Crippen molar-refractivity contribution in [3.63, 3.8) is 0 Å². The van der Waals surface area contributed by atoms with E-state index in [2.05, 4.69) is 41.5 Å². The molecule has 3 unspecified atom stereocenters. The van der Waals surface area contributed by atoms with E-state index in [1.54, 1.807) is 0 Å². The van der Waals surface area contributed by atoms with Gasteiger partial charge in [-0.1, -0.05) is 363 Å². The molecule has 0 fully saturated rings. The van der Waals surface area contributed by atoms with Crippen LogP contribution in [0.25, 0.3) is 0 Å². The van der Waals surface area contributed by atoms with Gasteiger partial charge in [-0.3, -0.25) is 37.3 Å². The van der Waals surface area contributed by atoms with Crippen molar-refractivity contribution in [2.75, 3.05) is 39.6 Å². The van der Waals surface area contributed by atoms with E-state index in [-0.39, 0.29) is 25.7 Å². The molecule has 0 saturated heterocycles. The summed E-state index contributed by atoms with van der Waals surface area (Å²) in [7, 11) is -9.91. The smallest absolute Gasteiger partial charge is 0.462 e. The largest absolute Gasteiger partial charge is 0.472 e. The van der Waals surface area contributed by atoms with Gasteiger partial charge in [0.1, 0.15) is 19.3 Å². The Balaban J connectivity index is 5.14. The molecule has 0 aromatic carbocycles. The van der Waals surface area contributed by atoms with Crippen molar-refractivity contribution in [1.29, 1.82) is 0 Å². The quantitative estimate of drug-likeness (QED) is 0.0222. The van der Waals surface area contributed by atoms with Crippen LogP contribution in [0.3, 0.4) is 0 Å². The number of esters is 4. The third kappa shape index (κ3) is 71.1. The molecule has 0 saturated carbocycles. The number of rotatable bonds is 78. The number of hydrogen-bond donors (Lipinski definition) is 3. The fourth-order valence-corrected chi connectivity index (χ4v) is 13.7. The molecule has 0 aromatic heterocycles. The predicted molar refractivity (Wildman–Crippen MR) is 400 cm³/mol. The van der Waals surface area contributed by atoms with Crippen LogP contribution in [-0.4, -0.2) is 96.7 Å². The van der Waals surface area contributed by atoms with Crippen LogP contribution in [0, 0.1) is 11.8 Å². The van der Waals surface area contributed by atoms with Gasteiger partial charge in [0, 0.05) is 25.7 Å². The summed E-state index contributed by atoms with van der Waals surface area (Å²) in [5.41, 5.74) is 0. The van der Waals surface area contributed by atoms with Crippen molar-refractivity contribution >= 4 is 39.5 Å². The van der Waals surface area contributed by atoms with E-state index in [0.29, 0.717) is 31.6 Å². The van der Waals surface area contributed by atoms with Crippen LogP contribution in [0.1, 0.15) is 414 Å². The number of phosphoric acid groups is 2. The molecule has 0 aliphatic rings. The van der Waals surface area contributed by atoms with Gasteiger partial charge < -0.3 is 33.8 Å². The van der Waals surface area contributed by atoms with Crippen molar-refractivity contribution in [3.8, 4) is 0 Å². The number of hydrogen-bond acceptors (Lipinski definition) is 15. The van der Waals surface area contributed by atoms with Crippen LogP contribution in [0.15, 0.2) is 0 Å². The summed E-state index contributed by atoms with van der Waals surface area (Å²) in [6.45, 7) is 9.57. The van der Waals surface area contributed by atoms with Crippen molar-refractivity contribution < 1.29 is 80.2 Å². The van der Waals surface area contributed by atoms with Gasteiger partial charge >= 0.3 is 39.5 Å². The first kappa shape index (κ1) is 96.1. The van der Waals surface area contributed by atoms with E-state index >= 15 is 0 Å². The standard InChI is InChI=1S/C79H154O17P2/c1-7-10-12-14-16-17-18-19-20-21-22-26-29-32-35-38-44-50-56-62-77(82)90-68-75(95-78(83)63-57-51-45-39-36-33-30-27-24-23-25-28-31-34-37-43-48-54-60-72(6)9-3)70-94-98(87,88)92-66-73(80)65-91-97(85,86)93-69-74(67-89-76(81)61-55-49-41-15-13-11-8-2)96-79(84)64-58-52-46-40-42-47-53-59-71(4)5/h71-75,80H,7-70H2,1-6H3,(H,85,86)(H,87,88)/t72?,73-,74+,75+/m0/s1. The van der Waals surface area contributed by atoms with Gasteiger partial charge in [-0.25, -0.2) is 9.13 Å². The minimum Gasteiger partial charge on any atom is -0.462 e. The van der Waals surface area contributed by atoms with Crippen LogP contribution < -0.4 is 0 Å². The summed E-state index contributed by atoms with van der Waals surface area (Å²) in [4.78, 5) is 72.7. The zero-order chi connectivity index (χ0) is 72.1. The van der Waals surface area contributed by atoms with Gasteiger partial charge in [-0.2, -0.15) is 0 Å². The molecule has 17 nitrogen and oxygen atoms in total. The highest BCUT2D eigenvalue weighted by Crippen LogP contribution is 2.45. The van der Waals surface area contributed by atoms with E-state index < -0.39 is 97.5 Å². The molecular weight excluding hydrogens is 1280 g/mol. The molecule has 98 heavy (non-hydrogen) atoms. The second-order valence-corrected chi connectivity index (χ2v) is 32.1. The van der Waals surface area contributed by atoms with E-state index in [9.17, 15) is 43.2 Å². The number of aliphatic hydroxyl groups is 1. The molecule has 0 amide bonds. The summed E-state index contributed by atoms with van der Waals surface area (Å²) in [5.74, 6) is -0.553. The molecule has 0 heterocycles. The third-order valence-corrected chi connectivity index (χ3v) is 20.7. The Morgan fingerprint density at radius 2 is 0.520 bits per heavy atom. The number of carbonyl (C=O) groups excluding carboxylic acids is 4. The van der Waals surface area contributed by atoms with Gasteiger partial charge in [0.2, 0.25) is 0 Å². The van der Waals surface area contributed by atoms with Gasteiger partial charge in [0.05, 0.1) is 26.4 Å². The van der Waals surface area contributed by atoms with Crippen LogP contribution in [0.2, 0.25) is 0 Å². The van der Waals surface area contributed by atoms with Crippen molar-refractivity contribution in [2.24, 2.45) is 11.8 Å². The first-order chi connectivity index (χ1) is 47.4. The van der Waals surface area contributed by atoms with Gasteiger partial charge in [0.15, 0.2) is 12.2 Å². The van der Waals surface area contributed by atoms with Gasteiger partial charge in [0.25, 0.3) is 0 Å². The number of aliphatic hydroxyl groups excluding tert-OH is 1. The maximum absolute atomic E-state index is 13.1. The zero-order valence-electron chi connectivity index (χ0n) is 64.1. The number of ether oxygens (including phenoxy) is 4. The van der Waals surface area contributed by atoms with E-state index in [1.807, 2.05) is 0 Å². The van der Waals surface area contributed by atoms with Crippen molar-refractivity contribution in [1.82, 2.24) is 0 Å². The van der Waals surface area contributed by atoms with Gasteiger partial charge in [-0.05, 0) is 37.5 Å². The number of phosphoric ester groups is 2. The Hall–Kier alpha value is -1.94. The lowest BCUT2D eigenvalue weighted by molar-refractivity contribution is -0.161. The van der Waals surface area contributed by atoms with Crippen LogP contribution in [0.5, 0.6) is 0 Å². The highest BCUT2D eigenvalue weighted by atomic mass is 31.2. The molecule has 0 bridgehead atoms. The molecule has 0 radical (unpaired) electrons. The molecule has 0 aliphatic heterocycles. The van der Waals surface area contributed by atoms with E-state index in [4.69, 9.17) is 37.0 Å². The Bertz CT molecular complexity index is 1890. The average molecular weight is 1440 g/mol. The maximum atomic E-state index is 13.1. The average Bonchev–Trinajstić information content (AvgIpc) is 1.33. The van der Waals surface area contributed by atoms with E-state index in [1.165, 1.54) is 218 Å². The summed E-state index contributed by atoms with van der Waals surface area (Å²) >= 11 is 0. The summed E-state index contributed by atoms with van der Waals surface area (Å²) in [6, 6.07) is 0. The topological polar surface area (TPSA) is 237 Å². The Morgan fingerprint density at radius 1 is 0.296 bits per heavy atom. The van der Waals surface area contributed by atoms with Crippen LogP contribution in [0.4, 0.5) is 0 Å². The molecular formula is C79H154O17P2. The second kappa shape index (κ2) is 70.7. The Labute approximate surface area is 600 Å². The lowest BCUT2D eigenvalue weighted by Crippen LogP contribution is -2.30. The first-order valence-electron chi connectivity index (χ1n) is 41.0. The predicted octanol–water partition coefficient (Wildman–Crippen LogP) is 23.5. The minimum atomic E-state index is -4.96. The zero-order valence-corrected chi connectivity index (χ0v) is 65.9. The lowest BCUT2D eigenvalue weighted by atomic mass is 9.99.